The Morgan fingerprint density at radius 2 is 1.73 bits per heavy atom. The molecule has 0 atom stereocenters. The molecule has 0 aromatic heterocycles. The number of para-hydroxylation sites is 1. The fourth-order valence-electron chi connectivity index (χ4n) is 2.09. The Morgan fingerprint density at radius 3 is 2.32 bits per heavy atom. The summed E-state index contributed by atoms with van der Waals surface area (Å²) >= 11 is 5.64. The van der Waals surface area contributed by atoms with Gasteiger partial charge in [-0.1, -0.05) is 24.3 Å². The lowest BCUT2D eigenvalue weighted by atomic mass is 10.1. The topological polar surface area (TPSA) is 37.4 Å². The molecule has 118 valence electrons. The zero-order chi connectivity index (χ0) is 16.2. The van der Waals surface area contributed by atoms with Crippen LogP contribution < -0.4 is 4.31 Å². The molecule has 0 N–H and O–H groups in total. The number of sulfonamides is 1. The normalized spacial score (nSPS) is 11.4. The molecule has 2 aromatic carbocycles. The summed E-state index contributed by atoms with van der Waals surface area (Å²) < 4.78 is 39.8. The van der Waals surface area contributed by atoms with Gasteiger partial charge in [-0.15, -0.1) is 11.6 Å². The van der Waals surface area contributed by atoms with Crippen LogP contribution in [0.25, 0.3) is 0 Å². The zero-order valence-electron chi connectivity index (χ0n) is 12.2. The zero-order valence-corrected chi connectivity index (χ0v) is 13.7. The molecule has 0 saturated heterocycles. The third-order valence-electron chi connectivity index (χ3n) is 3.37. The lowest BCUT2D eigenvalue weighted by molar-refractivity contribution is 0.589. The first kappa shape index (κ1) is 16.8. The SMILES string of the molecule is CN(c1ccccc1F)S(=O)(=O)c1ccc(CCCCl)cc1. The van der Waals surface area contributed by atoms with Crippen LogP contribution in [0, 0.1) is 5.82 Å². The number of anilines is 1. The first-order valence-corrected chi connectivity index (χ1v) is 8.82. The molecule has 0 bridgehead atoms. The van der Waals surface area contributed by atoms with Crippen LogP contribution in [0.3, 0.4) is 0 Å². The summed E-state index contributed by atoms with van der Waals surface area (Å²) in [6.45, 7) is 0. The standard InChI is InChI=1S/C16H17ClFNO2S/c1-19(16-7-3-2-6-15(16)18)22(20,21)14-10-8-13(9-11-14)5-4-12-17/h2-3,6-11H,4-5,12H2,1H3. The minimum Gasteiger partial charge on any atom is -0.266 e. The van der Waals surface area contributed by atoms with Crippen LogP contribution in [0.1, 0.15) is 12.0 Å². The van der Waals surface area contributed by atoms with Crippen molar-refractivity contribution in [2.75, 3.05) is 17.2 Å². The summed E-state index contributed by atoms with van der Waals surface area (Å²) in [7, 11) is -2.44. The number of benzene rings is 2. The lowest BCUT2D eigenvalue weighted by Crippen LogP contribution is -2.27. The second-order valence-corrected chi connectivity index (χ2v) is 7.21. The van der Waals surface area contributed by atoms with Crippen molar-refractivity contribution >= 4 is 27.3 Å². The van der Waals surface area contributed by atoms with Crippen LogP contribution in [0.15, 0.2) is 53.4 Å². The highest BCUT2D eigenvalue weighted by atomic mass is 35.5. The summed E-state index contributed by atoms with van der Waals surface area (Å²) in [5.41, 5.74) is 1.04. The number of halogens is 2. The van der Waals surface area contributed by atoms with Gasteiger partial charge in [0.05, 0.1) is 10.6 Å². The predicted molar refractivity (Wildman–Crippen MR) is 87.5 cm³/mol. The van der Waals surface area contributed by atoms with Crippen molar-refractivity contribution in [1.29, 1.82) is 0 Å². The molecule has 0 heterocycles. The summed E-state index contributed by atoms with van der Waals surface area (Å²) in [6.07, 6.45) is 1.63. The van der Waals surface area contributed by atoms with Gasteiger partial charge < -0.3 is 0 Å². The molecule has 0 aliphatic heterocycles. The summed E-state index contributed by atoms with van der Waals surface area (Å²) in [6, 6.07) is 12.4. The molecule has 0 saturated carbocycles. The van der Waals surface area contributed by atoms with Gasteiger partial charge in [0.1, 0.15) is 5.82 Å². The van der Waals surface area contributed by atoms with Gasteiger partial charge in [-0.3, -0.25) is 4.31 Å². The van der Waals surface area contributed by atoms with E-state index in [1.54, 1.807) is 18.2 Å². The smallest absolute Gasteiger partial charge is 0.264 e. The minimum absolute atomic E-state index is 0.0220. The van der Waals surface area contributed by atoms with E-state index in [1.807, 2.05) is 0 Å². The van der Waals surface area contributed by atoms with Crippen LogP contribution in [-0.2, 0) is 16.4 Å². The quantitative estimate of drug-likeness (QED) is 0.749. The molecule has 22 heavy (non-hydrogen) atoms. The molecule has 0 aliphatic rings. The van der Waals surface area contributed by atoms with Gasteiger partial charge in [-0.2, -0.15) is 0 Å². The van der Waals surface area contributed by atoms with Crippen LogP contribution >= 0.6 is 11.6 Å². The lowest BCUT2D eigenvalue weighted by Gasteiger charge is -2.20. The molecule has 0 radical (unpaired) electrons. The van der Waals surface area contributed by atoms with Crippen molar-refractivity contribution in [1.82, 2.24) is 0 Å². The molecular weight excluding hydrogens is 325 g/mol. The Kier molecular flexibility index (Phi) is 5.42. The van der Waals surface area contributed by atoms with E-state index in [-0.39, 0.29) is 10.6 Å². The Labute approximate surface area is 135 Å². The number of nitrogens with zero attached hydrogens (tertiary/aromatic N) is 1. The van der Waals surface area contributed by atoms with Crippen molar-refractivity contribution in [3.05, 3.63) is 59.9 Å². The number of aryl methyl sites for hydroxylation is 1. The molecule has 2 aromatic rings. The van der Waals surface area contributed by atoms with Gasteiger partial charge in [0.15, 0.2) is 0 Å². The van der Waals surface area contributed by atoms with Gasteiger partial charge in [0.2, 0.25) is 0 Å². The van der Waals surface area contributed by atoms with Crippen molar-refractivity contribution < 1.29 is 12.8 Å². The average molecular weight is 342 g/mol. The second kappa shape index (κ2) is 7.11. The van der Waals surface area contributed by atoms with Crippen LogP contribution in [-0.4, -0.2) is 21.3 Å². The molecule has 0 unspecified atom stereocenters. The van der Waals surface area contributed by atoms with Crippen molar-refractivity contribution in [2.45, 2.75) is 17.7 Å². The summed E-state index contributed by atoms with van der Waals surface area (Å²) in [5, 5.41) is 0. The third-order valence-corrected chi connectivity index (χ3v) is 5.43. The van der Waals surface area contributed by atoms with Gasteiger partial charge in [0.25, 0.3) is 10.0 Å². The van der Waals surface area contributed by atoms with E-state index in [0.717, 1.165) is 22.7 Å². The van der Waals surface area contributed by atoms with E-state index in [2.05, 4.69) is 0 Å². The van der Waals surface area contributed by atoms with E-state index < -0.39 is 15.8 Å². The largest absolute Gasteiger partial charge is 0.266 e. The highest BCUT2D eigenvalue weighted by molar-refractivity contribution is 7.92. The van der Waals surface area contributed by atoms with Gasteiger partial charge >= 0.3 is 0 Å². The molecule has 0 fully saturated rings. The average Bonchev–Trinajstić information content (AvgIpc) is 2.53. The number of alkyl halides is 1. The minimum atomic E-state index is -3.78. The Bertz CT molecular complexity index is 732. The van der Waals surface area contributed by atoms with E-state index in [0.29, 0.717) is 5.88 Å². The molecule has 2 rings (SSSR count). The maximum atomic E-state index is 13.8. The van der Waals surface area contributed by atoms with E-state index in [9.17, 15) is 12.8 Å². The first-order valence-electron chi connectivity index (χ1n) is 6.85. The van der Waals surface area contributed by atoms with Crippen molar-refractivity contribution in [3.8, 4) is 0 Å². The maximum absolute atomic E-state index is 13.8. The monoisotopic (exact) mass is 341 g/mol. The highest BCUT2D eigenvalue weighted by Gasteiger charge is 2.23. The third kappa shape index (κ3) is 3.59. The summed E-state index contributed by atoms with van der Waals surface area (Å²) in [5.74, 6) is -0.0110. The molecule has 6 heteroatoms. The van der Waals surface area contributed by atoms with Crippen LogP contribution in [0.2, 0.25) is 0 Å². The van der Waals surface area contributed by atoms with E-state index in [1.165, 1.54) is 37.4 Å². The number of rotatable bonds is 6. The highest BCUT2D eigenvalue weighted by Crippen LogP contribution is 2.24. The Balaban J connectivity index is 2.28. The van der Waals surface area contributed by atoms with E-state index >= 15 is 0 Å². The molecule has 0 aliphatic carbocycles. The summed E-state index contributed by atoms with van der Waals surface area (Å²) in [4.78, 5) is 0.132. The van der Waals surface area contributed by atoms with Gasteiger partial charge in [-0.05, 0) is 42.7 Å². The van der Waals surface area contributed by atoms with Crippen LogP contribution in [0.5, 0.6) is 0 Å². The second-order valence-electron chi connectivity index (χ2n) is 4.86. The number of hydrogen-bond donors (Lipinski definition) is 0. The van der Waals surface area contributed by atoms with Crippen LogP contribution in [0.4, 0.5) is 10.1 Å². The van der Waals surface area contributed by atoms with Crippen molar-refractivity contribution in [2.24, 2.45) is 0 Å². The van der Waals surface area contributed by atoms with Gasteiger partial charge in [0, 0.05) is 12.9 Å². The van der Waals surface area contributed by atoms with Crippen molar-refractivity contribution in [3.63, 3.8) is 0 Å². The Morgan fingerprint density at radius 1 is 1.09 bits per heavy atom. The van der Waals surface area contributed by atoms with Gasteiger partial charge in [-0.25, -0.2) is 12.8 Å². The molecule has 3 nitrogen and oxygen atoms in total. The molecule has 0 spiro atoms. The number of hydrogen-bond acceptors (Lipinski definition) is 2. The maximum Gasteiger partial charge on any atom is 0.264 e. The molecular formula is C16H17ClFNO2S. The van der Waals surface area contributed by atoms with E-state index in [4.69, 9.17) is 11.6 Å². The first-order chi connectivity index (χ1) is 10.5. The fraction of sp³-hybridized carbons (Fsp3) is 0.250. The fourth-order valence-corrected chi connectivity index (χ4v) is 3.43. The molecule has 0 amide bonds. The Hall–Kier alpha value is -1.59. The predicted octanol–water partition coefficient (Wildman–Crippen LogP) is 3.82.